The van der Waals surface area contributed by atoms with Gasteiger partial charge in [-0.2, -0.15) is 0 Å². The number of ether oxygens (including phenoxy) is 2. The Kier molecular flexibility index (Phi) is 4.48. The van der Waals surface area contributed by atoms with Gasteiger partial charge in [0.15, 0.2) is 0 Å². The molecule has 0 aliphatic heterocycles. The third kappa shape index (κ3) is 4.20. The van der Waals surface area contributed by atoms with E-state index in [0.717, 1.165) is 0 Å². The molecule has 18 heavy (non-hydrogen) atoms. The highest BCUT2D eigenvalue weighted by Gasteiger charge is 2.28. The zero-order valence-corrected chi connectivity index (χ0v) is 11.1. The molecule has 0 heterocycles. The van der Waals surface area contributed by atoms with E-state index < -0.39 is 23.6 Å². The molecular weight excluding hydrogens is 232 g/mol. The van der Waals surface area contributed by atoms with Crippen molar-refractivity contribution in [2.45, 2.75) is 34.0 Å². The van der Waals surface area contributed by atoms with Gasteiger partial charge in [0.25, 0.3) is 6.29 Å². The molecule has 0 fully saturated rings. The molecule has 0 spiro atoms. The molecule has 98 valence electrons. The predicted molar refractivity (Wildman–Crippen MR) is 66.5 cm³/mol. The van der Waals surface area contributed by atoms with Crippen molar-refractivity contribution in [3.8, 4) is 0 Å². The first kappa shape index (κ1) is 14.2. The van der Waals surface area contributed by atoms with Gasteiger partial charge in [-0.15, -0.1) is 0 Å². The fourth-order valence-electron chi connectivity index (χ4n) is 1.20. The Morgan fingerprint density at radius 3 is 2.06 bits per heavy atom. The van der Waals surface area contributed by atoms with Crippen LogP contribution in [0.1, 0.15) is 39.5 Å². The molecule has 0 aromatic heterocycles. The maximum absolute atomic E-state index is 11.8. The van der Waals surface area contributed by atoms with Crippen LogP contribution in [0.25, 0.3) is 0 Å². The Morgan fingerprint density at radius 1 is 1.06 bits per heavy atom. The van der Waals surface area contributed by atoms with Crippen molar-refractivity contribution in [1.29, 1.82) is 0 Å². The molecule has 0 saturated carbocycles. The van der Waals surface area contributed by atoms with E-state index in [9.17, 15) is 9.59 Å². The summed E-state index contributed by atoms with van der Waals surface area (Å²) in [6.45, 7) is 6.50. The van der Waals surface area contributed by atoms with Crippen molar-refractivity contribution in [2.75, 3.05) is 0 Å². The summed E-state index contributed by atoms with van der Waals surface area (Å²) in [5, 5.41) is 0. The van der Waals surface area contributed by atoms with E-state index in [-0.39, 0.29) is 0 Å². The predicted octanol–water partition coefficient (Wildman–Crippen LogP) is 2.84. The number of hydrogen-bond donors (Lipinski definition) is 0. The lowest BCUT2D eigenvalue weighted by Gasteiger charge is -2.23. The molecule has 1 atom stereocenters. The second-order valence-electron chi connectivity index (χ2n) is 5.01. The third-order valence-corrected chi connectivity index (χ3v) is 2.17. The average molecular weight is 250 g/mol. The van der Waals surface area contributed by atoms with Crippen molar-refractivity contribution in [3.05, 3.63) is 35.9 Å². The van der Waals surface area contributed by atoms with E-state index >= 15 is 0 Å². The Morgan fingerprint density at radius 2 is 1.61 bits per heavy atom. The van der Waals surface area contributed by atoms with Crippen molar-refractivity contribution in [3.63, 3.8) is 0 Å². The van der Waals surface area contributed by atoms with Crippen LogP contribution in [0, 0.1) is 5.41 Å². The van der Waals surface area contributed by atoms with Gasteiger partial charge in [-0.25, -0.2) is 0 Å². The van der Waals surface area contributed by atoms with E-state index in [1.165, 1.54) is 6.92 Å². The van der Waals surface area contributed by atoms with Gasteiger partial charge in [-0.1, -0.05) is 30.3 Å². The highest BCUT2D eigenvalue weighted by molar-refractivity contribution is 5.76. The number of esters is 2. The maximum Gasteiger partial charge on any atom is 0.314 e. The number of benzene rings is 1. The van der Waals surface area contributed by atoms with E-state index in [2.05, 4.69) is 0 Å². The number of rotatable bonds is 3. The first-order valence-electron chi connectivity index (χ1n) is 5.74. The van der Waals surface area contributed by atoms with Gasteiger partial charge in [-0.3, -0.25) is 9.59 Å². The van der Waals surface area contributed by atoms with Crippen LogP contribution in [0.2, 0.25) is 0 Å². The molecule has 4 heteroatoms. The maximum atomic E-state index is 11.8. The van der Waals surface area contributed by atoms with Crippen LogP contribution in [0.15, 0.2) is 30.3 Å². The number of carbonyl (C=O) groups is 2. The van der Waals surface area contributed by atoms with E-state index in [1.54, 1.807) is 45.0 Å². The minimum atomic E-state index is -0.990. The average Bonchev–Trinajstić information content (AvgIpc) is 2.27. The van der Waals surface area contributed by atoms with Crippen LogP contribution in [-0.4, -0.2) is 11.9 Å². The van der Waals surface area contributed by atoms with Gasteiger partial charge in [0.1, 0.15) is 0 Å². The standard InChI is InChI=1S/C14H18O4/c1-10(15)17-12(11-8-6-5-7-9-11)18-13(16)14(2,3)4/h5-9,12H,1-4H3. The highest BCUT2D eigenvalue weighted by Crippen LogP contribution is 2.24. The van der Waals surface area contributed by atoms with Crippen molar-refractivity contribution in [2.24, 2.45) is 5.41 Å². The lowest BCUT2D eigenvalue weighted by Crippen LogP contribution is -2.26. The zero-order chi connectivity index (χ0) is 13.8. The quantitative estimate of drug-likeness (QED) is 0.611. The normalized spacial score (nSPS) is 12.7. The number of hydrogen-bond acceptors (Lipinski definition) is 4. The molecule has 0 bridgehead atoms. The topological polar surface area (TPSA) is 52.6 Å². The molecule has 1 aromatic carbocycles. The molecule has 0 aliphatic carbocycles. The summed E-state index contributed by atoms with van der Waals surface area (Å²) in [5.74, 6) is -0.914. The Bertz CT molecular complexity index is 417. The van der Waals surface area contributed by atoms with E-state index in [1.807, 2.05) is 6.07 Å². The van der Waals surface area contributed by atoms with Gasteiger partial charge >= 0.3 is 11.9 Å². The van der Waals surface area contributed by atoms with Crippen LogP contribution in [0.4, 0.5) is 0 Å². The van der Waals surface area contributed by atoms with Gasteiger partial charge in [-0.05, 0) is 20.8 Å². The second kappa shape index (κ2) is 5.67. The van der Waals surface area contributed by atoms with Crippen LogP contribution in [0.3, 0.4) is 0 Å². The fourth-order valence-corrected chi connectivity index (χ4v) is 1.20. The third-order valence-electron chi connectivity index (χ3n) is 2.17. The highest BCUT2D eigenvalue weighted by atomic mass is 16.7. The summed E-state index contributed by atoms with van der Waals surface area (Å²) >= 11 is 0. The summed E-state index contributed by atoms with van der Waals surface area (Å²) in [4.78, 5) is 22.9. The Labute approximate surface area is 107 Å². The molecule has 0 aliphatic rings. The molecular formula is C14H18O4. The Balaban J connectivity index is 2.87. The summed E-state index contributed by atoms with van der Waals surface area (Å²) in [7, 11) is 0. The fraction of sp³-hybridized carbons (Fsp3) is 0.429. The summed E-state index contributed by atoms with van der Waals surface area (Å²) < 4.78 is 10.3. The largest absolute Gasteiger partial charge is 0.421 e. The molecule has 0 radical (unpaired) electrons. The summed E-state index contributed by atoms with van der Waals surface area (Å²) in [5.41, 5.74) is -0.0157. The minimum Gasteiger partial charge on any atom is -0.421 e. The molecule has 4 nitrogen and oxygen atoms in total. The molecule has 0 saturated heterocycles. The van der Waals surface area contributed by atoms with Crippen molar-refractivity contribution in [1.82, 2.24) is 0 Å². The first-order chi connectivity index (χ1) is 8.30. The van der Waals surface area contributed by atoms with Crippen molar-refractivity contribution >= 4 is 11.9 Å². The van der Waals surface area contributed by atoms with Crippen LogP contribution in [-0.2, 0) is 19.1 Å². The molecule has 1 aromatic rings. The van der Waals surface area contributed by atoms with Gasteiger partial charge < -0.3 is 9.47 Å². The molecule has 0 N–H and O–H groups in total. The van der Waals surface area contributed by atoms with Crippen molar-refractivity contribution < 1.29 is 19.1 Å². The Hall–Kier alpha value is -1.84. The van der Waals surface area contributed by atoms with Gasteiger partial charge in [0, 0.05) is 12.5 Å². The number of carbonyl (C=O) groups excluding carboxylic acids is 2. The first-order valence-corrected chi connectivity index (χ1v) is 5.74. The van der Waals surface area contributed by atoms with Crippen LogP contribution < -0.4 is 0 Å². The van der Waals surface area contributed by atoms with E-state index in [0.29, 0.717) is 5.56 Å². The van der Waals surface area contributed by atoms with Gasteiger partial charge in [0.2, 0.25) is 0 Å². The zero-order valence-electron chi connectivity index (χ0n) is 11.1. The smallest absolute Gasteiger partial charge is 0.314 e. The van der Waals surface area contributed by atoms with E-state index in [4.69, 9.17) is 9.47 Å². The molecule has 1 unspecified atom stereocenters. The minimum absolute atomic E-state index is 0.419. The lowest BCUT2D eigenvalue weighted by molar-refractivity contribution is -0.194. The van der Waals surface area contributed by atoms with Crippen LogP contribution >= 0.6 is 0 Å². The second-order valence-corrected chi connectivity index (χ2v) is 5.01. The summed E-state index contributed by atoms with van der Waals surface area (Å²) in [6.07, 6.45) is -0.990. The monoisotopic (exact) mass is 250 g/mol. The lowest BCUT2D eigenvalue weighted by atomic mass is 9.97. The summed E-state index contributed by atoms with van der Waals surface area (Å²) in [6, 6.07) is 8.89. The molecule has 1 rings (SSSR count). The molecule has 0 amide bonds. The van der Waals surface area contributed by atoms with Gasteiger partial charge in [0.05, 0.1) is 5.41 Å². The SMILES string of the molecule is CC(=O)OC(OC(=O)C(C)(C)C)c1ccccc1. The van der Waals surface area contributed by atoms with Crippen LogP contribution in [0.5, 0.6) is 0 Å².